The first-order valence-electron chi connectivity index (χ1n) is 5.02. The third kappa shape index (κ3) is 2.72. The van der Waals surface area contributed by atoms with E-state index < -0.39 is 5.97 Å². The summed E-state index contributed by atoms with van der Waals surface area (Å²) in [5.41, 5.74) is 0.101. The number of hydrogen-bond donors (Lipinski definition) is 2. The first-order chi connectivity index (χ1) is 8.56. The van der Waals surface area contributed by atoms with Gasteiger partial charge in [-0.15, -0.1) is 11.3 Å². The van der Waals surface area contributed by atoms with E-state index in [1.807, 2.05) is 0 Å². The van der Waals surface area contributed by atoms with Crippen molar-refractivity contribution < 1.29 is 14.7 Å². The Hall–Kier alpha value is -2.22. The lowest BCUT2D eigenvalue weighted by molar-refractivity contribution is -0.116. The van der Waals surface area contributed by atoms with Crippen molar-refractivity contribution in [1.82, 2.24) is 14.8 Å². The van der Waals surface area contributed by atoms with Gasteiger partial charge in [-0.25, -0.2) is 14.5 Å². The molecule has 0 aliphatic carbocycles. The third-order valence-corrected chi connectivity index (χ3v) is 3.08. The van der Waals surface area contributed by atoms with Gasteiger partial charge in [0, 0.05) is 4.88 Å². The van der Waals surface area contributed by atoms with Crippen molar-refractivity contribution in [2.45, 2.75) is 13.5 Å². The van der Waals surface area contributed by atoms with E-state index in [4.69, 9.17) is 5.11 Å². The van der Waals surface area contributed by atoms with Gasteiger partial charge in [0.15, 0.2) is 0 Å². The Labute approximate surface area is 106 Å². The van der Waals surface area contributed by atoms with Crippen LogP contribution in [0, 0.1) is 6.92 Å². The molecular formula is C10H10N4O3S. The Kier molecular flexibility index (Phi) is 3.38. The summed E-state index contributed by atoms with van der Waals surface area (Å²) >= 11 is 1.23. The molecule has 94 valence electrons. The van der Waals surface area contributed by atoms with Crippen molar-refractivity contribution in [3.63, 3.8) is 0 Å². The predicted octanol–water partition coefficient (Wildman–Crippen LogP) is 0.985. The van der Waals surface area contributed by atoms with Gasteiger partial charge in [0.1, 0.15) is 24.2 Å². The lowest BCUT2D eigenvalue weighted by Gasteiger charge is -2.03. The maximum absolute atomic E-state index is 11.7. The standard InChI is InChI=1S/C10H10N4O3S/c1-6-2-7(10(16)17)9(18-6)13-8(15)3-14-5-11-4-12-14/h2,4-5H,3H2,1H3,(H,13,15)(H,16,17). The molecule has 2 heterocycles. The van der Waals surface area contributed by atoms with Crippen LogP contribution in [0.25, 0.3) is 0 Å². The highest BCUT2D eigenvalue weighted by Crippen LogP contribution is 2.27. The summed E-state index contributed by atoms with van der Waals surface area (Å²) in [7, 11) is 0. The van der Waals surface area contributed by atoms with Crippen LogP contribution >= 0.6 is 11.3 Å². The number of rotatable bonds is 4. The Morgan fingerprint density at radius 3 is 2.94 bits per heavy atom. The van der Waals surface area contributed by atoms with Gasteiger partial charge in [-0.2, -0.15) is 5.10 Å². The number of hydrogen-bond acceptors (Lipinski definition) is 5. The van der Waals surface area contributed by atoms with Crippen molar-refractivity contribution in [3.8, 4) is 0 Å². The molecule has 0 atom stereocenters. The Morgan fingerprint density at radius 1 is 1.56 bits per heavy atom. The van der Waals surface area contributed by atoms with E-state index in [1.165, 1.54) is 34.7 Å². The number of carbonyl (C=O) groups is 2. The molecule has 0 radical (unpaired) electrons. The van der Waals surface area contributed by atoms with Crippen molar-refractivity contribution in [3.05, 3.63) is 29.2 Å². The summed E-state index contributed by atoms with van der Waals surface area (Å²) in [6.07, 6.45) is 2.74. The maximum Gasteiger partial charge on any atom is 0.338 e. The molecule has 0 saturated heterocycles. The number of aryl methyl sites for hydroxylation is 1. The van der Waals surface area contributed by atoms with E-state index in [0.29, 0.717) is 5.00 Å². The average molecular weight is 266 g/mol. The smallest absolute Gasteiger partial charge is 0.338 e. The first-order valence-corrected chi connectivity index (χ1v) is 5.84. The summed E-state index contributed by atoms with van der Waals surface area (Å²) in [4.78, 5) is 27.2. The Morgan fingerprint density at radius 2 is 2.33 bits per heavy atom. The molecule has 0 aliphatic heterocycles. The monoisotopic (exact) mass is 266 g/mol. The largest absolute Gasteiger partial charge is 0.478 e. The summed E-state index contributed by atoms with van der Waals surface area (Å²) in [5.74, 6) is -1.40. The third-order valence-electron chi connectivity index (χ3n) is 2.11. The summed E-state index contributed by atoms with van der Waals surface area (Å²) < 4.78 is 1.36. The van der Waals surface area contributed by atoms with Crippen LogP contribution in [-0.2, 0) is 11.3 Å². The molecule has 0 fully saturated rings. The minimum absolute atomic E-state index is 0.00396. The second kappa shape index (κ2) is 4.96. The van der Waals surface area contributed by atoms with Crippen LogP contribution in [0.4, 0.5) is 5.00 Å². The molecule has 8 heteroatoms. The fraction of sp³-hybridized carbons (Fsp3) is 0.200. The van der Waals surface area contributed by atoms with Gasteiger partial charge >= 0.3 is 5.97 Å². The minimum atomic E-state index is -1.06. The highest BCUT2D eigenvalue weighted by atomic mass is 32.1. The number of carbonyl (C=O) groups excluding carboxylic acids is 1. The fourth-order valence-corrected chi connectivity index (χ4v) is 2.31. The van der Waals surface area contributed by atoms with Crippen LogP contribution in [0.1, 0.15) is 15.2 Å². The molecule has 0 saturated carbocycles. The fourth-order valence-electron chi connectivity index (χ4n) is 1.39. The van der Waals surface area contributed by atoms with Gasteiger partial charge in [-0.1, -0.05) is 0 Å². The second-order valence-corrected chi connectivity index (χ2v) is 4.80. The van der Waals surface area contributed by atoms with Crippen LogP contribution < -0.4 is 5.32 Å². The van der Waals surface area contributed by atoms with Crippen LogP contribution in [0.15, 0.2) is 18.7 Å². The molecular weight excluding hydrogens is 256 g/mol. The van der Waals surface area contributed by atoms with Gasteiger partial charge in [-0.3, -0.25) is 4.79 Å². The van der Waals surface area contributed by atoms with E-state index in [2.05, 4.69) is 15.4 Å². The predicted molar refractivity (Wildman–Crippen MR) is 64.7 cm³/mol. The SMILES string of the molecule is Cc1cc(C(=O)O)c(NC(=O)Cn2cncn2)s1. The van der Waals surface area contributed by atoms with Crippen molar-refractivity contribution in [2.75, 3.05) is 5.32 Å². The van der Waals surface area contributed by atoms with Gasteiger partial charge < -0.3 is 10.4 Å². The summed E-state index contributed by atoms with van der Waals surface area (Å²) in [6, 6.07) is 1.53. The average Bonchev–Trinajstić information content (AvgIpc) is 2.88. The molecule has 2 aromatic heterocycles. The zero-order valence-corrected chi connectivity index (χ0v) is 10.3. The minimum Gasteiger partial charge on any atom is -0.478 e. The van der Waals surface area contributed by atoms with E-state index in [0.717, 1.165) is 4.88 Å². The number of nitrogens with one attached hydrogen (secondary N) is 1. The maximum atomic E-state index is 11.7. The molecule has 0 unspecified atom stereocenters. The molecule has 0 aliphatic rings. The van der Waals surface area contributed by atoms with Gasteiger partial charge in [-0.05, 0) is 13.0 Å². The van der Waals surface area contributed by atoms with Crippen molar-refractivity contribution in [2.24, 2.45) is 0 Å². The summed E-state index contributed by atoms with van der Waals surface area (Å²) in [6.45, 7) is 1.78. The lowest BCUT2D eigenvalue weighted by Crippen LogP contribution is -2.19. The number of aromatic nitrogens is 3. The quantitative estimate of drug-likeness (QED) is 0.860. The normalized spacial score (nSPS) is 10.3. The molecule has 0 spiro atoms. The lowest BCUT2D eigenvalue weighted by atomic mass is 10.3. The van der Waals surface area contributed by atoms with E-state index in [9.17, 15) is 9.59 Å². The second-order valence-electron chi connectivity index (χ2n) is 3.55. The zero-order valence-electron chi connectivity index (χ0n) is 9.45. The number of aromatic carboxylic acids is 1. The number of amides is 1. The van der Waals surface area contributed by atoms with Crippen molar-refractivity contribution >= 4 is 28.2 Å². The molecule has 18 heavy (non-hydrogen) atoms. The number of carboxylic acids is 1. The topological polar surface area (TPSA) is 97.1 Å². The molecule has 2 N–H and O–H groups in total. The van der Waals surface area contributed by atoms with Crippen molar-refractivity contribution in [1.29, 1.82) is 0 Å². The van der Waals surface area contributed by atoms with Crippen LogP contribution in [0.2, 0.25) is 0 Å². The Bertz CT molecular complexity index is 576. The van der Waals surface area contributed by atoms with Crippen LogP contribution in [0.5, 0.6) is 0 Å². The van der Waals surface area contributed by atoms with Crippen LogP contribution in [-0.4, -0.2) is 31.7 Å². The van der Waals surface area contributed by atoms with E-state index in [1.54, 1.807) is 6.92 Å². The highest BCUT2D eigenvalue weighted by molar-refractivity contribution is 7.16. The number of carboxylic acid groups (broad SMARTS) is 1. The summed E-state index contributed by atoms with van der Waals surface area (Å²) in [5, 5.41) is 15.7. The van der Waals surface area contributed by atoms with Crippen LogP contribution in [0.3, 0.4) is 0 Å². The molecule has 0 bridgehead atoms. The van der Waals surface area contributed by atoms with Gasteiger partial charge in [0.2, 0.25) is 5.91 Å². The number of anilines is 1. The molecule has 0 aromatic carbocycles. The molecule has 7 nitrogen and oxygen atoms in total. The molecule has 2 rings (SSSR count). The zero-order chi connectivity index (χ0) is 13.1. The number of thiophene rings is 1. The van der Waals surface area contributed by atoms with Gasteiger partial charge in [0.25, 0.3) is 0 Å². The van der Waals surface area contributed by atoms with E-state index >= 15 is 0 Å². The molecule has 2 aromatic rings. The van der Waals surface area contributed by atoms with Gasteiger partial charge in [0.05, 0.1) is 5.56 Å². The highest BCUT2D eigenvalue weighted by Gasteiger charge is 2.16. The van der Waals surface area contributed by atoms with E-state index in [-0.39, 0.29) is 18.0 Å². The Balaban J connectivity index is 2.09. The molecule has 1 amide bonds. The number of nitrogens with zero attached hydrogens (tertiary/aromatic N) is 3. The first kappa shape index (κ1) is 12.2.